The van der Waals surface area contributed by atoms with E-state index in [1.165, 1.54) is 5.57 Å². The summed E-state index contributed by atoms with van der Waals surface area (Å²) in [6, 6.07) is 0.430. The van der Waals surface area contributed by atoms with E-state index >= 15 is 0 Å². The van der Waals surface area contributed by atoms with E-state index in [0.29, 0.717) is 12.0 Å². The molecule has 13 heavy (non-hydrogen) atoms. The van der Waals surface area contributed by atoms with E-state index < -0.39 is 0 Å². The largest absolute Gasteiger partial charge is 0.289 e. The van der Waals surface area contributed by atoms with Crippen LogP contribution >= 0.6 is 0 Å². The number of hydrogen-bond donors (Lipinski definition) is 0. The van der Waals surface area contributed by atoms with Gasteiger partial charge in [0.05, 0.1) is 6.04 Å². The molecule has 2 aliphatic rings. The van der Waals surface area contributed by atoms with Gasteiger partial charge in [-0.2, -0.15) is 0 Å². The molecule has 0 saturated heterocycles. The van der Waals surface area contributed by atoms with Gasteiger partial charge in [-0.1, -0.05) is 39.0 Å². The van der Waals surface area contributed by atoms with Crippen LogP contribution in [0.3, 0.4) is 0 Å². The fourth-order valence-electron chi connectivity index (χ4n) is 1.88. The molecule has 70 valence electrons. The summed E-state index contributed by atoms with van der Waals surface area (Å²) in [4.78, 5) is 4.47. The highest BCUT2D eigenvalue weighted by atomic mass is 14.8. The quantitative estimate of drug-likeness (QED) is 0.536. The van der Waals surface area contributed by atoms with E-state index in [2.05, 4.69) is 50.2 Å². The number of allylic oxidation sites excluding steroid dienone is 2. The molecule has 0 fully saturated rings. The normalized spacial score (nSPS) is 31.8. The van der Waals surface area contributed by atoms with Gasteiger partial charge in [0, 0.05) is 12.1 Å². The third kappa shape index (κ3) is 1.60. The molecule has 0 radical (unpaired) electrons. The van der Waals surface area contributed by atoms with Crippen molar-refractivity contribution in [1.82, 2.24) is 0 Å². The van der Waals surface area contributed by atoms with Crippen LogP contribution in [-0.4, -0.2) is 12.3 Å². The first-order valence-electron chi connectivity index (χ1n) is 4.99. The van der Waals surface area contributed by atoms with Gasteiger partial charge in [0.25, 0.3) is 0 Å². The molecular formula is C12H17N. The maximum Gasteiger partial charge on any atom is 0.0748 e. The monoisotopic (exact) mass is 175 g/mol. The molecule has 0 aromatic rings. The highest BCUT2D eigenvalue weighted by Crippen LogP contribution is 2.34. The number of fused-ring (bicyclic) bond motifs is 1. The van der Waals surface area contributed by atoms with Crippen molar-refractivity contribution >= 4 is 6.21 Å². The Kier molecular flexibility index (Phi) is 1.90. The minimum Gasteiger partial charge on any atom is -0.289 e. The van der Waals surface area contributed by atoms with E-state index in [1.807, 2.05) is 0 Å². The van der Waals surface area contributed by atoms with Gasteiger partial charge >= 0.3 is 0 Å². The zero-order chi connectivity index (χ0) is 9.47. The molecule has 0 bridgehead atoms. The molecule has 0 aromatic heterocycles. The molecule has 0 amide bonds. The van der Waals surface area contributed by atoms with Gasteiger partial charge in [0.2, 0.25) is 0 Å². The Morgan fingerprint density at radius 2 is 2.15 bits per heavy atom. The van der Waals surface area contributed by atoms with Crippen molar-refractivity contribution in [2.75, 3.05) is 0 Å². The molecule has 1 heterocycles. The number of aliphatic imine (C=N–C) groups is 1. The van der Waals surface area contributed by atoms with Gasteiger partial charge in [-0.05, 0) is 17.4 Å². The smallest absolute Gasteiger partial charge is 0.0748 e. The zero-order valence-electron chi connectivity index (χ0n) is 8.62. The SMILES string of the molecule is CC(C)(C)C1=CC2N=CCC2C=C1. The van der Waals surface area contributed by atoms with Gasteiger partial charge < -0.3 is 0 Å². The van der Waals surface area contributed by atoms with Crippen molar-refractivity contribution in [2.24, 2.45) is 16.3 Å². The summed E-state index contributed by atoms with van der Waals surface area (Å²) in [6.45, 7) is 6.76. The van der Waals surface area contributed by atoms with Crippen LogP contribution in [0.5, 0.6) is 0 Å². The first-order valence-corrected chi connectivity index (χ1v) is 4.99. The van der Waals surface area contributed by atoms with Crippen LogP contribution < -0.4 is 0 Å². The van der Waals surface area contributed by atoms with Gasteiger partial charge in [-0.25, -0.2) is 0 Å². The lowest BCUT2D eigenvalue weighted by molar-refractivity contribution is 0.499. The van der Waals surface area contributed by atoms with Crippen molar-refractivity contribution in [2.45, 2.75) is 33.2 Å². The molecule has 0 aromatic carbocycles. The van der Waals surface area contributed by atoms with E-state index in [0.717, 1.165) is 6.42 Å². The standard InChI is InChI=1S/C12H17N/c1-12(2,3)10-5-4-9-6-7-13-11(9)8-10/h4-5,7-9,11H,6H2,1-3H3. The summed E-state index contributed by atoms with van der Waals surface area (Å²) in [5.41, 5.74) is 1.69. The lowest BCUT2D eigenvalue weighted by Crippen LogP contribution is -2.18. The Balaban J connectivity index is 2.24. The molecule has 0 spiro atoms. The average Bonchev–Trinajstić information content (AvgIpc) is 2.47. The second-order valence-corrected chi connectivity index (χ2v) is 4.95. The molecule has 1 heteroatoms. The second-order valence-electron chi connectivity index (χ2n) is 4.95. The van der Waals surface area contributed by atoms with Crippen LogP contribution in [0.1, 0.15) is 27.2 Å². The van der Waals surface area contributed by atoms with Gasteiger partial charge in [0.1, 0.15) is 0 Å². The van der Waals surface area contributed by atoms with Crippen LogP contribution in [0.4, 0.5) is 0 Å². The van der Waals surface area contributed by atoms with E-state index in [1.54, 1.807) is 0 Å². The Hall–Kier alpha value is -0.850. The molecule has 2 rings (SSSR count). The maximum atomic E-state index is 4.47. The molecule has 1 nitrogen and oxygen atoms in total. The van der Waals surface area contributed by atoms with Crippen molar-refractivity contribution in [3.05, 3.63) is 23.8 Å². The van der Waals surface area contributed by atoms with Crippen LogP contribution in [0, 0.1) is 11.3 Å². The van der Waals surface area contributed by atoms with Gasteiger partial charge in [-0.15, -0.1) is 0 Å². The summed E-state index contributed by atoms with van der Waals surface area (Å²) in [5, 5.41) is 0. The predicted octanol–water partition coefficient (Wildman–Crippen LogP) is 2.99. The lowest BCUT2D eigenvalue weighted by Gasteiger charge is -2.26. The predicted molar refractivity (Wildman–Crippen MR) is 57.1 cm³/mol. The second kappa shape index (κ2) is 2.83. The Bertz CT molecular complexity index is 289. The van der Waals surface area contributed by atoms with Gasteiger partial charge in [0.15, 0.2) is 0 Å². The minimum absolute atomic E-state index is 0.263. The van der Waals surface area contributed by atoms with E-state index in [-0.39, 0.29) is 5.41 Å². The fraction of sp³-hybridized carbons (Fsp3) is 0.583. The maximum absolute atomic E-state index is 4.47. The number of hydrogen-bond acceptors (Lipinski definition) is 1. The molecule has 0 saturated carbocycles. The van der Waals surface area contributed by atoms with Crippen LogP contribution in [0.15, 0.2) is 28.8 Å². The minimum atomic E-state index is 0.263. The summed E-state index contributed by atoms with van der Waals surface area (Å²) >= 11 is 0. The molecular weight excluding hydrogens is 158 g/mol. The average molecular weight is 175 g/mol. The summed E-state index contributed by atoms with van der Waals surface area (Å²) in [5.74, 6) is 0.645. The van der Waals surface area contributed by atoms with Crippen molar-refractivity contribution in [3.63, 3.8) is 0 Å². The highest BCUT2D eigenvalue weighted by Gasteiger charge is 2.26. The molecule has 1 aliphatic carbocycles. The van der Waals surface area contributed by atoms with Crippen molar-refractivity contribution in [1.29, 1.82) is 0 Å². The Labute approximate surface area is 80.3 Å². The first kappa shape index (κ1) is 8.74. The number of nitrogens with zero attached hydrogens (tertiary/aromatic N) is 1. The number of rotatable bonds is 0. The van der Waals surface area contributed by atoms with Crippen molar-refractivity contribution < 1.29 is 0 Å². The van der Waals surface area contributed by atoms with Crippen molar-refractivity contribution in [3.8, 4) is 0 Å². The molecule has 2 atom stereocenters. The first-order chi connectivity index (χ1) is 6.07. The Morgan fingerprint density at radius 1 is 1.38 bits per heavy atom. The zero-order valence-corrected chi connectivity index (χ0v) is 8.62. The molecule has 0 N–H and O–H groups in total. The Morgan fingerprint density at radius 3 is 2.85 bits per heavy atom. The fourth-order valence-corrected chi connectivity index (χ4v) is 1.88. The van der Waals surface area contributed by atoms with Crippen LogP contribution in [0.2, 0.25) is 0 Å². The summed E-state index contributed by atoms with van der Waals surface area (Å²) < 4.78 is 0. The van der Waals surface area contributed by atoms with Gasteiger partial charge in [-0.3, -0.25) is 4.99 Å². The molecule has 2 unspecified atom stereocenters. The molecule has 1 aliphatic heterocycles. The lowest BCUT2D eigenvalue weighted by atomic mass is 9.80. The van der Waals surface area contributed by atoms with E-state index in [9.17, 15) is 0 Å². The van der Waals surface area contributed by atoms with E-state index in [4.69, 9.17) is 0 Å². The summed E-state index contributed by atoms with van der Waals surface area (Å²) in [7, 11) is 0. The third-order valence-electron chi connectivity index (χ3n) is 2.83. The highest BCUT2D eigenvalue weighted by molar-refractivity contribution is 5.63. The summed E-state index contributed by atoms with van der Waals surface area (Å²) in [6.07, 6.45) is 10.1. The van der Waals surface area contributed by atoms with Crippen LogP contribution in [0.25, 0.3) is 0 Å². The van der Waals surface area contributed by atoms with Crippen LogP contribution in [-0.2, 0) is 0 Å². The topological polar surface area (TPSA) is 12.4 Å². The third-order valence-corrected chi connectivity index (χ3v) is 2.83.